The number of pyridine rings is 1. The Morgan fingerprint density at radius 1 is 1.15 bits per heavy atom. The Labute approximate surface area is 148 Å². The van der Waals surface area contributed by atoms with Crippen LogP contribution in [0.4, 0.5) is 5.82 Å². The molecule has 26 heavy (non-hydrogen) atoms. The van der Waals surface area contributed by atoms with Gasteiger partial charge in [-0.3, -0.25) is 14.9 Å². The summed E-state index contributed by atoms with van der Waals surface area (Å²) in [5, 5.41) is 15.6. The molecule has 0 aliphatic rings. The number of anilines is 1. The lowest BCUT2D eigenvalue weighted by atomic mass is 10.1. The van der Waals surface area contributed by atoms with E-state index < -0.39 is 0 Å². The van der Waals surface area contributed by atoms with E-state index in [0.717, 1.165) is 11.1 Å². The maximum absolute atomic E-state index is 12.8. The lowest BCUT2D eigenvalue weighted by Crippen LogP contribution is -2.17. The predicted molar refractivity (Wildman–Crippen MR) is 97.5 cm³/mol. The Kier molecular flexibility index (Phi) is 3.92. The van der Waals surface area contributed by atoms with Gasteiger partial charge < -0.3 is 5.32 Å². The third-order valence-electron chi connectivity index (χ3n) is 4.07. The lowest BCUT2D eigenvalue weighted by Gasteiger charge is -2.03. The van der Waals surface area contributed by atoms with E-state index in [4.69, 9.17) is 0 Å². The maximum Gasteiger partial charge on any atom is 0.280 e. The molecule has 0 saturated heterocycles. The fraction of sp³-hybridized carbons (Fsp3) is 0.0526. The molecule has 3 aromatic heterocycles. The Hall–Kier alpha value is -3.92. The zero-order valence-electron chi connectivity index (χ0n) is 13.7. The van der Waals surface area contributed by atoms with Gasteiger partial charge in [0.25, 0.3) is 5.56 Å². The third-order valence-corrected chi connectivity index (χ3v) is 4.07. The van der Waals surface area contributed by atoms with E-state index in [9.17, 15) is 10.1 Å². The fourth-order valence-corrected chi connectivity index (χ4v) is 2.76. The van der Waals surface area contributed by atoms with Crippen LogP contribution in [0.5, 0.6) is 0 Å². The maximum atomic E-state index is 12.8. The van der Waals surface area contributed by atoms with Crippen molar-refractivity contribution in [1.29, 1.82) is 5.26 Å². The van der Waals surface area contributed by atoms with E-state index in [-0.39, 0.29) is 5.56 Å². The number of rotatable bonds is 4. The van der Waals surface area contributed by atoms with Crippen LogP contribution in [-0.2, 0) is 6.54 Å². The van der Waals surface area contributed by atoms with Crippen molar-refractivity contribution in [1.82, 2.24) is 19.6 Å². The van der Waals surface area contributed by atoms with Gasteiger partial charge in [0.15, 0.2) is 5.65 Å². The molecule has 4 aromatic rings. The standard InChI is InChI=1S/C19H14N6O/c20-10-15-17(22-11-13-6-8-21-9-7-13)24-25-18(15)23-12-16(19(25)26)14-4-2-1-3-5-14/h1-9,12,22,24H,11H2. The third kappa shape index (κ3) is 2.70. The topological polar surface area (TPSA) is 98.9 Å². The molecule has 3 heterocycles. The molecule has 4 rings (SSSR count). The second-order valence-electron chi connectivity index (χ2n) is 5.68. The molecular weight excluding hydrogens is 328 g/mol. The van der Waals surface area contributed by atoms with E-state index in [1.165, 1.54) is 10.7 Å². The summed E-state index contributed by atoms with van der Waals surface area (Å²) in [6.07, 6.45) is 4.91. The highest BCUT2D eigenvalue weighted by Gasteiger charge is 2.16. The predicted octanol–water partition coefficient (Wildman–Crippen LogP) is 2.57. The largest absolute Gasteiger partial charge is 0.365 e. The molecule has 0 spiro atoms. The molecule has 0 atom stereocenters. The van der Waals surface area contributed by atoms with Crippen LogP contribution < -0.4 is 10.9 Å². The van der Waals surface area contributed by atoms with E-state index in [2.05, 4.69) is 26.5 Å². The molecular formula is C19H14N6O. The van der Waals surface area contributed by atoms with Gasteiger partial charge in [-0.05, 0) is 23.3 Å². The van der Waals surface area contributed by atoms with Gasteiger partial charge >= 0.3 is 0 Å². The molecule has 0 fully saturated rings. The summed E-state index contributed by atoms with van der Waals surface area (Å²) in [5.41, 5.74) is 2.60. The van der Waals surface area contributed by atoms with Gasteiger partial charge in [-0.1, -0.05) is 30.3 Å². The van der Waals surface area contributed by atoms with Crippen LogP contribution in [-0.4, -0.2) is 19.6 Å². The molecule has 2 N–H and O–H groups in total. The first-order chi connectivity index (χ1) is 12.8. The van der Waals surface area contributed by atoms with Crippen molar-refractivity contribution in [3.8, 4) is 17.2 Å². The quantitative estimate of drug-likeness (QED) is 0.594. The Balaban J connectivity index is 1.77. The second-order valence-corrected chi connectivity index (χ2v) is 5.68. The minimum Gasteiger partial charge on any atom is -0.365 e. The Bertz CT molecular complexity index is 1160. The summed E-state index contributed by atoms with van der Waals surface area (Å²) in [6, 6.07) is 15.2. The van der Waals surface area contributed by atoms with Gasteiger partial charge in [0.05, 0.1) is 5.56 Å². The highest BCUT2D eigenvalue weighted by atomic mass is 16.1. The van der Waals surface area contributed by atoms with Crippen molar-refractivity contribution in [3.63, 3.8) is 0 Å². The smallest absolute Gasteiger partial charge is 0.280 e. The number of fused-ring (bicyclic) bond motifs is 1. The molecule has 7 nitrogen and oxygen atoms in total. The minimum absolute atomic E-state index is 0.255. The first-order valence-electron chi connectivity index (χ1n) is 8.00. The number of nitrogens with one attached hydrogen (secondary N) is 2. The van der Waals surface area contributed by atoms with E-state index in [1.807, 2.05) is 42.5 Å². The number of hydrogen-bond acceptors (Lipinski definition) is 5. The van der Waals surface area contributed by atoms with Gasteiger partial charge in [-0.25, -0.2) is 4.98 Å². The summed E-state index contributed by atoms with van der Waals surface area (Å²) < 4.78 is 1.30. The molecule has 0 bridgehead atoms. The number of H-pyrrole nitrogens is 1. The zero-order valence-corrected chi connectivity index (χ0v) is 13.7. The Morgan fingerprint density at radius 2 is 1.92 bits per heavy atom. The number of benzene rings is 1. The van der Waals surface area contributed by atoms with Crippen molar-refractivity contribution in [3.05, 3.63) is 82.5 Å². The Morgan fingerprint density at radius 3 is 2.65 bits per heavy atom. The molecule has 0 amide bonds. The van der Waals surface area contributed by atoms with Crippen LogP contribution >= 0.6 is 0 Å². The summed E-state index contributed by atoms with van der Waals surface area (Å²) >= 11 is 0. The average Bonchev–Trinajstić information content (AvgIpc) is 3.06. The highest BCUT2D eigenvalue weighted by Crippen LogP contribution is 2.20. The minimum atomic E-state index is -0.255. The van der Waals surface area contributed by atoms with Crippen LogP contribution in [0.3, 0.4) is 0 Å². The molecule has 7 heteroatoms. The normalized spacial score (nSPS) is 10.6. The summed E-state index contributed by atoms with van der Waals surface area (Å²) in [5.74, 6) is 0.458. The summed E-state index contributed by atoms with van der Waals surface area (Å²) in [4.78, 5) is 21.1. The average molecular weight is 342 g/mol. The first-order valence-corrected chi connectivity index (χ1v) is 8.00. The lowest BCUT2D eigenvalue weighted by molar-refractivity contribution is 0.898. The van der Waals surface area contributed by atoms with Crippen LogP contribution in [0.25, 0.3) is 16.8 Å². The van der Waals surface area contributed by atoms with Crippen LogP contribution in [0, 0.1) is 11.3 Å². The molecule has 0 radical (unpaired) electrons. The SMILES string of the molecule is N#Cc1c(NCc2ccncc2)[nH]n2c(=O)c(-c3ccccc3)cnc12. The van der Waals surface area contributed by atoms with Gasteiger partial charge in [0.2, 0.25) is 0 Å². The molecule has 0 aliphatic heterocycles. The molecule has 1 aromatic carbocycles. The number of aromatic amines is 1. The van der Waals surface area contributed by atoms with Crippen molar-refractivity contribution >= 4 is 11.5 Å². The monoisotopic (exact) mass is 342 g/mol. The van der Waals surface area contributed by atoms with Gasteiger partial charge in [0.1, 0.15) is 17.5 Å². The van der Waals surface area contributed by atoms with Crippen molar-refractivity contribution in [2.75, 3.05) is 5.32 Å². The van der Waals surface area contributed by atoms with Crippen molar-refractivity contribution in [2.24, 2.45) is 0 Å². The van der Waals surface area contributed by atoms with Gasteiger partial charge in [-0.15, -0.1) is 0 Å². The first kappa shape index (κ1) is 15.6. The number of nitriles is 1. The summed E-state index contributed by atoms with van der Waals surface area (Å²) in [7, 11) is 0. The van der Waals surface area contributed by atoms with Crippen LogP contribution in [0.2, 0.25) is 0 Å². The van der Waals surface area contributed by atoms with Crippen molar-refractivity contribution in [2.45, 2.75) is 6.54 Å². The number of hydrogen-bond donors (Lipinski definition) is 2. The van der Waals surface area contributed by atoms with Crippen LogP contribution in [0.15, 0.2) is 65.8 Å². The molecule has 0 aliphatic carbocycles. The van der Waals surface area contributed by atoms with Gasteiger partial charge in [0, 0.05) is 25.1 Å². The molecule has 0 unspecified atom stereocenters. The fourth-order valence-electron chi connectivity index (χ4n) is 2.76. The number of aromatic nitrogens is 4. The molecule has 0 saturated carbocycles. The zero-order chi connectivity index (χ0) is 17.9. The van der Waals surface area contributed by atoms with E-state index >= 15 is 0 Å². The van der Waals surface area contributed by atoms with E-state index in [0.29, 0.717) is 29.1 Å². The van der Waals surface area contributed by atoms with Crippen molar-refractivity contribution < 1.29 is 0 Å². The highest BCUT2D eigenvalue weighted by molar-refractivity contribution is 5.70. The van der Waals surface area contributed by atoms with E-state index in [1.54, 1.807) is 12.4 Å². The van der Waals surface area contributed by atoms with Gasteiger partial charge in [-0.2, -0.15) is 9.78 Å². The van der Waals surface area contributed by atoms with Crippen LogP contribution in [0.1, 0.15) is 11.1 Å². The second kappa shape index (κ2) is 6.53. The molecule has 126 valence electrons. The summed E-state index contributed by atoms with van der Waals surface area (Å²) in [6.45, 7) is 0.490. The number of nitrogens with zero attached hydrogens (tertiary/aromatic N) is 4.